The van der Waals surface area contributed by atoms with Crippen LogP contribution in [0.5, 0.6) is 0 Å². The summed E-state index contributed by atoms with van der Waals surface area (Å²) in [7, 11) is 1.15. The molecule has 5 nitrogen and oxygen atoms in total. The van der Waals surface area contributed by atoms with Crippen molar-refractivity contribution in [3.8, 4) is 0 Å². The van der Waals surface area contributed by atoms with Crippen LogP contribution in [-0.4, -0.2) is 24.1 Å². The zero-order chi connectivity index (χ0) is 10.6. The number of amides is 2. The lowest BCUT2D eigenvalue weighted by Crippen LogP contribution is -2.42. The van der Waals surface area contributed by atoms with Crippen LogP contribution in [0.1, 0.15) is 10.4 Å². The quantitative estimate of drug-likeness (QED) is 0.407. The van der Waals surface area contributed by atoms with Crippen LogP contribution in [0.4, 0.5) is 4.79 Å². The minimum Gasteiger partial charge on any atom is -0.451 e. The smallest absolute Gasteiger partial charge is 0.431 e. The second-order valence-electron chi connectivity index (χ2n) is 2.51. The molecule has 0 aliphatic rings. The molecule has 1 aromatic carbocycles. The average molecular weight is 194 g/mol. The highest BCUT2D eigenvalue weighted by atomic mass is 16.5. The first-order valence-electron chi connectivity index (χ1n) is 3.89. The van der Waals surface area contributed by atoms with E-state index in [1.165, 1.54) is 0 Å². The van der Waals surface area contributed by atoms with E-state index in [0.29, 0.717) is 10.6 Å². The summed E-state index contributed by atoms with van der Waals surface area (Å²) in [5.41, 5.74) is 0.334. The maximum atomic E-state index is 11.4. The maximum Gasteiger partial charge on any atom is 0.431 e. The van der Waals surface area contributed by atoms with Gasteiger partial charge in [-0.25, -0.2) is 10.6 Å². The van der Waals surface area contributed by atoms with Crippen molar-refractivity contribution in [3.05, 3.63) is 35.9 Å². The van der Waals surface area contributed by atoms with Gasteiger partial charge < -0.3 is 4.74 Å². The number of benzene rings is 1. The van der Waals surface area contributed by atoms with Crippen molar-refractivity contribution in [3.63, 3.8) is 0 Å². The summed E-state index contributed by atoms with van der Waals surface area (Å²) >= 11 is 0. The highest BCUT2D eigenvalue weighted by molar-refractivity contribution is 6.02. The molecule has 0 bridgehead atoms. The van der Waals surface area contributed by atoms with Crippen LogP contribution in [0.3, 0.4) is 0 Å². The number of nitrogens with two attached hydrogens (primary N) is 1. The Hall–Kier alpha value is -1.88. The summed E-state index contributed by atoms with van der Waals surface area (Å²) in [5.74, 6) is 4.61. The molecule has 0 unspecified atom stereocenters. The molecular formula is C9H10N2O3. The predicted molar refractivity (Wildman–Crippen MR) is 49.2 cm³/mol. The molecule has 1 aromatic rings. The third kappa shape index (κ3) is 2.08. The van der Waals surface area contributed by atoms with E-state index < -0.39 is 12.0 Å². The topological polar surface area (TPSA) is 72.6 Å². The molecule has 0 atom stereocenters. The van der Waals surface area contributed by atoms with Gasteiger partial charge in [0.05, 0.1) is 7.11 Å². The van der Waals surface area contributed by atoms with Crippen LogP contribution < -0.4 is 5.84 Å². The third-order valence-corrected chi connectivity index (χ3v) is 1.61. The van der Waals surface area contributed by atoms with Gasteiger partial charge in [-0.1, -0.05) is 18.2 Å². The molecule has 0 spiro atoms. The van der Waals surface area contributed by atoms with Crippen molar-refractivity contribution in [1.82, 2.24) is 5.01 Å². The zero-order valence-electron chi connectivity index (χ0n) is 7.64. The molecule has 0 saturated carbocycles. The second-order valence-corrected chi connectivity index (χ2v) is 2.51. The normalized spacial score (nSPS) is 9.29. The number of methoxy groups -OCH3 is 1. The fourth-order valence-electron chi connectivity index (χ4n) is 0.901. The van der Waals surface area contributed by atoms with E-state index in [1.807, 2.05) is 0 Å². The molecule has 0 saturated heterocycles. The van der Waals surface area contributed by atoms with Crippen LogP contribution in [0, 0.1) is 0 Å². The highest BCUT2D eigenvalue weighted by Gasteiger charge is 2.19. The number of hydrogen-bond donors (Lipinski definition) is 1. The SMILES string of the molecule is COC(=O)N(N)C(=O)c1ccccc1. The lowest BCUT2D eigenvalue weighted by molar-refractivity contribution is 0.0706. The third-order valence-electron chi connectivity index (χ3n) is 1.61. The van der Waals surface area contributed by atoms with Crippen LogP contribution >= 0.6 is 0 Å². The summed E-state index contributed by atoms with van der Waals surface area (Å²) < 4.78 is 4.30. The van der Waals surface area contributed by atoms with Gasteiger partial charge in [-0.05, 0) is 12.1 Å². The van der Waals surface area contributed by atoms with Crippen molar-refractivity contribution >= 4 is 12.0 Å². The van der Waals surface area contributed by atoms with Crippen LogP contribution in [0.25, 0.3) is 0 Å². The number of ether oxygens (including phenoxy) is 1. The van der Waals surface area contributed by atoms with E-state index >= 15 is 0 Å². The Kier molecular flexibility index (Phi) is 3.19. The number of carbonyl (C=O) groups is 2. The molecule has 2 N–H and O–H groups in total. The largest absolute Gasteiger partial charge is 0.451 e. The summed E-state index contributed by atoms with van der Waals surface area (Å²) in [5, 5.41) is 0.426. The van der Waals surface area contributed by atoms with Crippen molar-refractivity contribution in [1.29, 1.82) is 0 Å². The fraction of sp³-hybridized carbons (Fsp3) is 0.111. The highest BCUT2D eigenvalue weighted by Crippen LogP contribution is 2.02. The number of hydrazine groups is 1. The average Bonchev–Trinajstić information content (AvgIpc) is 2.27. The van der Waals surface area contributed by atoms with E-state index in [9.17, 15) is 9.59 Å². The molecule has 0 aromatic heterocycles. The minimum atomic E-state index is -0.890. The molecule has 2 amide bonds. The number of carbonyl (C=O) groups excluding carboxylic acids is 2. The molecular weight excluding hydrogens is 184 g/mol. The van der Waals surface area contributed by atoms with Crippen molar-refractivity contribution in [2.24, 2.45) is 5.84 Å². The Bertz CT molecular complexity index is 337. The predicted octanol–water partition coefficient (Wildman–Crippen LogP) is 0.769. The summed E-state index contributed by atoms with van der Waals surface area (Å²) in [4.78, 5) is 22.3. The molecule has 14 heavy (non-hydrogen) atoms. The molecule has 5 heteroatoms. The molecule has 0 aliphatic carbocycles. The molecule has 74 valence electrons. The van der Waals surface area contributed by atoms with Crippen LogP contribution in [0.15, 0.2) is 30.3 Å². The van der Waals surface area contributed by atoms with Gasteiger partial charge in [-0.3, -0.25) is 4.79 Å². The van der Waals surface area contributed by atoms with E-state index in [2.05, 4.69) is 4.74 Å². The van der Waals surface area contributed by atoms with E-state index in [-0.39, 0.29) is 0 Å². The van der Waals surface area contributed by atoms with Gasteiger partial charge >= 0.3 is 6.09 Å². The van der Waals surface area contributed by atoms with Crippen LogP contribution in [-0.2, 0) is 4.74 Å². The van der Waals surface area contributed by atoms with Gasteiger partial charge in [0, 0.05) is 5.56 Å². The van der Waals surface area contributed by atoms with Gasteiger partial charge in [0.2, 0.25) is 0 Å². The van der Waals surface area contributed by atoms with Crippen molar-refractivity contribution in [2.45, 2.75) is 0 Å². The van der Waals surface area contributed by atoms with Gasteiger partial charge in [-0.15, -0.1) is 0 Å². The summed E-state index contributed by atoms with van der Waals surface area (Å²) in [6.45, 7) is 0. The maximum absolute atomic E-state index is 11.4. The molecule has 0 heterocycles. The van der Waals surface area contributed by atoms with E-state index in [0.717, 1.165) is 7.11 Å². The first kappa shape index (κ1) is 10.2. The monoisotopic (exact) mass is 194 g/mol. The first-order chi connectivity index (χ1) is 6.66. The standard InChI is InChI=1S/C9H10N2O3/c1-14-9(13)11(10)8(12)7-5-3-2-4-6-7/h2-6H,10H2,1H3. The minimum absolute atomic E-state index is 0.334. The Balaban J connectivity index is 2.81. The summed E-state index contributed by atoms with van der Waals surface area (Å²) in [6, 6.07) is 8.24. The van der Waals surface area contributed by atoms with Crippen molar-refractivity contribution < 1.29 is 14.3 Å². The molecule has 1 rings (SSSR count). The van der Waals surface area contributed by atoms with Gasteiger partial charge in [0.1, 0.15) is 0 Å². The zero-order valence-corrected chi connectivity index (χ0v) is 7.64. The number of rotatable bonds is 1. The summed E-state index contributed by atoms with van der Waals surface area (Å²) in [6.07, 6.45) is -0.890. The molecule has 0 fully saturated rings. The van der Waals surface area contributed by atoms with E-state index in [1.54, 1.807) is 30.3 Å². The lowest BCUT2D eigenvalue weighted by atomic mass is 10.2. The Labute approximate surface area is 81.0 Å². The van der Waals surface area contributed by atoms with Crippen LogP contribution in [0.2, 0.25) is 0 Å². The number of imide groups is 1. The fourth-order valence-corrected chi connectivity index (χ4v) is 0.901. The van der Waals surface area contributed by atoms with Gasteiger partial charge in [0.25, 0.3) is 5.91 Å². The molecule has 0 aliphatic heterocycles. The Morgan fingerprint density at radius 3 is 2.36 bits per heavy atom. The molecule has 0 radical (unpaired) electrons. The van der Waals surface area contributed by atoms with Gasteiger partial charge in [0.15, 0.2) is 0 Å². The Morgan fingerprint density at radius 1 is 1.29 bits per heavy atom. The van der Waals surface area contributed by atoms with Crippen molar-refractivity contribution in [2.75, 3.05) is 7.11 Å². The lowest BCUT2D eigenvalue weighted by Gasteiger charge is -2.12. The Morgan fingerprint density at radius 2 is 1.86 bits per heavy atom. The first-order valence-corrected chi connectivity index (χ1v) is 3.89. The number of nitrogens with zero attached hydrogens (tertiary/aromatic N) is 1. The van der Waals surface area contributed by atoms with E-state index in [4.69, 9.17) is 5.84 Å². The second kappa shape index (κ2) is 4.38. The van der Waals surface area contributed by atoms with Gasteiger partial charge in [-0.2, -0.15) is 5.01 Å². The number of hydrogen-bond acceptors (Lipinski definition) is 4.